The highest BCUT2D eigenvalue weighted by Gasteiger charge is 2.53. The van der Waals surface area contributed by atoms with Gasteiger partial charge in [-0.3, -0.25) is 14.9 Å². The average Bonchev–Trinajstić information content (AvgIpc) is 2.99. The van der Waals surface area contributed by atoms with Crippen LogP contribution in [-0.4, -0.2) is 36.2 Å². The SMILES string of the molecule is CCCOc1ccccc1C(OCCC)(OCCC)C1SC(=O)NC1=O. The van der Waals surface area contributed by atoms with Crippen LogP contribution in [0.5, 0.6) is 5.75 Å². The minimum Gasteiger partial charge on any atom is -0.493 e. The molecular formula is C19H27NO5S. The molecular weight excluding hydrogens is 354 g/mol. The normalized spacial score (nSPS) is 17.4. The summed E-state index contributed by atoms with van der Waals surface area (Å²) in [7, 11) is 0. The zero-order chi connectivity index (χ0) is 19.0. The number of rotatable bonds is 11. The zero-order valence-corrected chi connectivity index (χ0v) is 16.4. The Labute approximate surface area is 159 Å². The topological polar surface area (TPSA) is 73.9 Å². The number of hydrogen-bond acceptors (Lipinski definition) is 6. The molecule has 0 bridgehead atoms. The third kappa shape index (κ3) is 4.58. The molecule has 1 N–H and O–H groups in total. The van der Waals surface area contributed by atoms with Gasteiger partial charge in [0.05, 0.1) is 25.4 Å². The predicted octanol–water partition coefficient (Wildman–Crippen LogP) is 3.83. The largest absolute Gasteiger partial charge is 0.493 e. The van der Waals surface area contributed by atoms with Crippen molar-refractivity contribution in [2.45, 2.75) is 51.1 Å². The molecule has 1 unspecified atom stereocenters. The second-order valence-corrected chi connectivity index (χ2v) is 7.06. The Kier molecular flexibility index (Phi) is 7.93. The Bertz CT molecular complexity index is 614. The Morgan fingerprint density at radius 3 is 2.15 bits per heavy atom. The summed E-state index contributed by atoms with van der Waals surface area (Å²) in [5.74, 6) is -1.18. The van der Waals surface area contributed by atoms with Crippen LogP contribution in [0.15, 0.2) is 24.3 Å². The number of amides is 2. The van der Waals surface area contributed by atoms with Crippen LogP contribution >= 0.6 is 11.8 Å². The predicted molar refractivity (Wildman–Crippen MR) is 101 cm³/mol. The van der Waals surface area contributed by atoms with E-state index in [0.29, 0.717) is 31.1 Å². The van der Waals surface area contributed by atoms with Crippen LogP contribution in [0.4, 0.5) is 4.79 Å². The van der Waals surface area contributed by atoms with E-state index in [0.717, 1.165) is 31.0 Å². The van der Waals surface area contributed by atoms with Crippen LogP contribution in [0.25, 0.3) is 0 Å². The average molecular weight is 381 g/mol. The molecule has 0 aliphatic carbocycles. The van der Waals surface area contributed by atoms with Gasteiger partial charge in [0.25, 0.3) is 5.24 Å². The molecule has 0 radical (unpaired) electrons. The van der Waals surface area contributed by atoms with Crippen molar-refractivity contribution < 1.29 is 23.8 Å². The van der Waals surface area contributed by atoms with E-state index in [1.54, 1.807) is 0 Å². The fraction of sp³-hybridized carbons (Fsp3) is 0.579. The summed E-state index contributed by atoms with van der Waals surface area (Å²) >= 11 is 0.904. The Hall–Kier alpha value is -1.57. The van der Waals surface area contributed by atoms with Crippen molar-refractivity contribution in [2.75, 3.05) is 19.8 Å². The van der Waals surface area contributed by atoms with Gasteiger partial charge in [-0.25, -0.2) is 0 Å². The van der Waals surface area contributed by atoms with Gasteiger partial charge in [-0.15, -0.1) is 0 Å². The monoisotopic (exact) mass is 381 g/mol. The van der Waals surface area contributed by atoms with Gasteiger partial charge in [-0.05, 0) is 43.2 Å². The fourth-order valence-electron chi connectivity index (χ4n) is 2.70. The Morgan fingerprint density at radius 2 is 1.62 bits per heavy atom. The number of benzene rings is 1. The molecule has 2 rings (SSSR count). The smallest absolute Gasteiger partial charge is 0.286 e. The number of para-hydroxylation sites is 1. The lowest BCUT2D eigenvalue weighted by atomic mass is 9.99. The van der Waals surface area contributed by atoms with Crippen LogP contribution in [-0.2, 0) is 20.1 Å². The van der Waals surface area contributed by atoms with Crippen molar-refractivity contribution >= 4 is 22.9 Å². The number of ether oxygens (including phenoxy) is 3. The zero-order valence-electron chi connectivity index (χ0n) is 15.6. The van der Waals surface area contributed by atoms with Gasteiger partial charge in [0.1, 0.15) is 5.75 Å². The van der Waals surface area contributed by atoms with E-state index < -0.39 is 22.2 Å². The van der Waals surface area contributed by atoms with E-state index in [9.17, 15) is 9.59 Å². The maximum absolute atomic E-state index is 12.5. The minimum absolute atomic E-state index is 0.392. The lowest BCUT2D eigenvalue weighted by Gasteiger charge is -2.37. The molecule has 1 aliphatic rings. The molecule has 1 heterocycles. The summed E-state index contributed by atoms with van der Waals surface area (Å²) in [5, 5.41) is 1.12. The van der Waals surface area contributed by atoms with E-state index in [2.05, 4.69) is 5.32 Å². The van der Waals surface area contributed by atoms with Crippen LogP contribution in [0.1, 0.15) is 45.6 Å². The molecule has 7 heteroatoms. The van der Waals surface area contributed by atoms with Crippen molar-refractivity contribution in [3.05, 3.63) is 29.8 Å². The first-order valence-corrected chi connectivity index (χ1v) is 9.98. The van der Waals surface area contributed by atoms with Gasteiger partial charge in [0.15, 0.2) is 5.25 Å². The van der Waals surface area contributed by atoms with Crippen molar-refractivity contribution in [1.82, 2.24) is 5.32 Å². The maximum Gasteiger partial charge on any atom is 0.286 e. The van der Waals surface area contributed by atoms with Gasteiger partial charge < -0.3 is 14.2 Å². The fourth-order valence-corrected chi connectivity index (χ4v) is 3.65. The molecule has 0 aromatic heterocycles. The number of thioether (sulfide) groups is 1. The first-order chi connectivity index (χ1) is 12.6. The standard InChI is InChI=1S/C19H27NO5S/c1-4-11-23-15-10-8-7-9-14(15)19(24-12-5-2,25-13-6-3)16-17(21)20-18(22)26-16/h7-10,16H,4-6,11-13H2,1-3H3,(H,20,21,22). The minimum atomic E-state index is -1.38. The molecule has 6 nitrogen and oxygen atoms in total. The second kappa shape index (κ2) is 9.94. The van der Waals surface area contributed by atoms with Gasteiger partial charge in [-0.2, -0.15) is 0 Å². The maximum atomic E-state index is 12.5. The van der Waals surface area contributed by atoms with Gasteiger partial charge >= 0.3 is 0 Å². The summed E-state index contributed by atoms with van der Waals surface area (Å²) in [6.07, 6.45) is 2.36. The molecule has 1 fully saturated rings. The third-order valence-electron chi connectivity index (χ3n) is 3.80. The van der Waals surface area contributed by atoms with Gasteiger partial charge in [0, 0.05) is 0 Å². The highest BCUT2D eigenvalue weighted by molar-refractivity contribution is 8.15. The van der Waals surface area contributed by atoms with Crippen molar-refractivity contribution in [2.24, 2.45) is 0 Å². The van der Waals surface area contributed by atoms with Crippen LogP contribution < -0.4 is 10.1 Å². The number of nitrogens with one attached hydrogen (secondary N) is 1. The number of carbonyl (C=O) groups excluding carboxylic acids is 2. The highest BCUT2D eigenvalue weighted by atomic mass is 32.2. The molecule has 1 saturated heterocycles. The molecule has 1 aromatic carbocycles. The summed E-state index contributed by atoms with van der Waals surface area (Å²) in [5.41, 5.74) is 0.637. The molecule has 144 valence electrons. The lowest BCUT2D eigenvalue weighted by Crippen LogP contribution is -2.48. The first kappa shape index (κ1) is 20.7. The summed E-state index contributed by atoms with van der Waals surface area (Å²) in [4.78, 5) is 24.3. The van der Waals surface area contributed by atoms with Crippen molar-refractivity contribution in [3.63, 3.8) is 0 Å². The molecule has 0 spiro atoms. The van der Waals surface area contributed by atoms with Crippen LogP contribution in [0.2, 0.25) is 0 Å². The Balaban J connectivity index is 2.54. The first-order valence-electron chi connectivity index (χ1n) is 9.10. The van der Waals surface area contributed by atoms with Gasteiger partial charge in [0.2, 0.25) is 11.7 Å². The van der Waals surface area contributed by atoms with Crippen LogP contribution in [0.3, 0.4) is 0 Å². The Morgan fingerprint density at radius 1 is 1.00 bits per heavy atom. The quantitative estimate of drug-likeness (QED) is 0.587. The molecule has 1 atom stereocenters. The van der Waals surface area contributed by atoms with E-state index in [1.165, 1.54) is 0 Å². The van der Waals surface area contributed by atoms with Crippen molar-refractivity contribution in [1.29, 1.82) is 0 Å². The lowest BCUT2D eigenvalue weighted by molar-refractivity contribution is -0.244. The summed E-state index contributed by atoms with van der Waals surface area (Å²) in [6, 6.07) is 7.40. The second-order valence-electron chi connectivity index (χ2n) is 5.98. The van der Waals surface area contributed by atoms with Crippen LogP contribution in [0, 0.1) is 0 Å². The third-order valence-corrected chi connectivity index (χ3v) is 4.88. The van der Waals surface area contributed by atoms with E-state index in [-0.39, 0.29) is 0 Å². The summed E-state index contributed by atoms with van der Waals surface area (Å²) < 4.78 is 18.2. The van der Waals surface area contributed by atoms with Gasteiger partial charge in [-0.1, -0.05) is 32.9 Å². The van der Waals surface area contributed by atoms with E-state index in [4.69, 9.17) is 14.2 Å². The highest BCUT2D eigenvalue weighted by Crippen LogP contribution is 2.44. The van der Waals surface area contributed by atoms with E-state index in [1.807, 2.05) is 45.0 Å². The molecule has 0 saturated carbocycles. The summed E-state index contributed by atoms with van der Waals surface area (Å²) in [6.45, 7) is 7.32. The van der Waals surface area contributed by atoms with E-state index >= 15 is 0 Å². The molecule has 1 aromatic rings. The molecule has 1 aliphatic heterocycles. The molecule has 2 amide bonds. The number of hydrogen-bond donors (Lipinski definition) is 1. The number of imide groups is 1. The molecule has 26 heavy (non-hydrogen) atoms. The number of carbonyl (C=O) groups is 2. The van der Waals surface area contributed by atoms with Crippen molar-refractivity contribution in [3.8, 4) is 5.75 Å².